The third-order valence-electron chi connectivity index (χ3n) is 9.82. The molecule has 0 unspecified atom stereocenters. The fourth-order valence-electron chi connectivity index (χ4n) is 7.70. The standard InChI is InChI=1S/C44H29N3/c1-2-12-28(13-3-1)31-24-25-36(35-19-9-8-18-34(31)35)43-37-20-10-11-21-38(37)45-44(46-43)47-39-26-22-29-14-4-6-16-32(29)41(39)42-33-17-7-5-15-30(33)23-27-40(42)47/h2,4-27H,1,3H2. The smallest absolute Gasteiger partial charge is 0.235 e. The number of nitrogens with zero attached hydrogens (tertiary/aromatic N) is 3. The van der Waals surface area contributed by atoms with Crippen LogP contribution in [0, 0.1) is 0 Å². The summed E-state index contributed by atoms with van der Waals surface area (Å²) in [5, 5.41) is 10.9. The molecule has 10 rings (SSSR count). The predicted molar refractivity (Wildman–Crippen MR) is 198 cm³/mol. The van der Waals surface area contributed by atoms with Crippen molar-refractivity contribution < 1.29 is 0 Å². The second kappa shape index (κ2) is 10.2. The maximum atomic E-state index is 5.49. The Morgan fingerprint density at radius 3 is 1.70 bits per heavy atom. The fourth-order valence-corrected chi connectivity index (χ4v) is 7.70. The molecule has 0 spiro atoms. The highest BCUT2D eigenvalue weighted by atomic mass is 15.2. The lowest BCUT2D eigenvalue weighted by Gasteiger charge is -2.16. The normalized spacial score (nSPS) is 13.4. The van der Waals surface area contributed by atoms with Crippen LogP contribution in [-0.4, -0.2) is 14.5 Å². The molecule has 0 saturated heterocycles. The van der Waals surface area contributed by atoms with Crippen LogP contribution in [0.5, 0.6) is 0 Å². The van der Waals surface area contributed by atoms with E-state index in [0.29, 0.717) is 5.95 Å². The molecule has 1 aliphatic carbocycles. The quantitative estimate of drug-likeness (QED) is 0.202. The lowest BCUT2D eigenvalue weighted by atomic mass is 9.91. The van der Waals surface area contributed by atoms with Gasteiger partial charge in [-0.2, -0.15) is 0 Å². The van der Waals surface area contributed by atoms with E-state index in [2.05, 4.69) is 156 Å². The molecule has 2 heterocycles. The summed E-state index contributed by atoms with van der Waals surface area (Å²) < 4.78 is 2.27. The molecule has 0 bridgehead atoms. The number of benzene rings is 7. The molecular formula is C44H29N3. The van der Waals surface area contributed by atoms with Crippen LogP contribution in [0.4, 0.5) is 0 Å². The lowest BCUT2D eigenvalue weighted by Crippen LogP contribution is -2.04. The molecule has 7 aromatic carbocycles. The number of allylic oxidation sites excluding steroid dienone is 4. The van der Waals surface area contributed by atoms with E-state index < -0.39 is 0 Å². The van der Waals surface area contributed by atoms with Crippen molar-refractivity contribution in [2.24, 2.45) is 0 Å². The van der Waals surface area contributed by atoms with Crippen LogP contribution >= 0.6 is 0 Å². The van der Waals surface area contributed by atoms with Gasteiger partial charge in [0.05, 0.1) is 22.2 Å². The number of para-hydroxylation sites is 1. The van der Waals surface area contributed by atoms with Crippen LogP contribution in [0.15, 0.2) is 152 Å². The highest BCUT2D eigenvalue weighted by Gasteiger charge is 2.21. The van der Waals surface area contributed by atoms with E-state index in [4.69, 9.17) is 9.97 Å². The Hall–Kier alpha value is -6.06. The van der Waals surface area contributed by atoms with E-state index in [0.717, 1.165) is 46.0 Å². The van der Waals surface area contributed by atoms with E-state index in [9.17, 15) is 0 Å². The molecule has 3 heteroatoms. The number of rotatable bonds is 3. The molecule has 0 radical (unpaired) electrons. The zero-order chi connectivity index (χ0) is 30.9. The molecule has 47 heavy (non-hydrogen) atoms. The Balaban J connectivity index is 1.32. The van der Waals surface area contributed by atoms with Crippen LogP contribution in [0.2, 0.25) is 0 Å². The first-order chi connectivity index (χ1) is 23.3. The minimum absolute atomic E-state index is 0.676. The van der Waals surface area contributed by atoms with Crippen molar-refractivity contribution in [1.82, 2.24) is 14.5 Å². The van der Waals surface area contributed by atoms with Crippen LogP contribution < -0.4 is 0 Å². The summed E-state index contributed by atoms with van der Waals surface area (Å²) in [7, 11) is 0. The van der Waals surface area contributed by atoms with Gasteiger partial charge in [-0.15, -0.1) is 0 Å². The van der Waals surface area contributed by atoms with Gasteiger partial charge in [-0.3, -0.25) is 4.57 Å². The third-order valence-corrected chi connectivity index (χ3v) is 9.82. The number of fused-ring (bicyclic) bond motifs is 9. The summed E-state index contributed by atoms with van der Waals surface area (Å²) in [6.45, 7) is 0. The SMILES string of the molecule is C1=CC(c2ccc(-c3nc(-n4c5ccc6ccccc6c5c5c6ccccc6ccc54)nc4ccccc34)c3ccccc23)=CCC1. The molecule has 3 nitrogen and oxygen atoms in total. The molecule has 0 atom stereocenters. The second-order valence-corrected chi connectivity index (χ2v) is 12.4. The molecule has 220 valence electrons. The van der Waals surface area contributed by atoms with Crippen molar-refractivity contribution >= 4 is 70.6 Å². The molecule has 0 fully saturated rings. The van der Waals surface area contributed by atoms with E-state index >= 15 is 0 Å². The average molecular weight is 600 g/mol. The molecule has 0 saturated carbocycles. The monoisotopic (exact) mass is 599 g/mol. The van der Waals surface area contributed by atoms with Crippen molar-refractivity contribution in [2.75, 3.05) is 0 Å². The minimum atomic E-state index is 0.676. The van der Waals surface area contributed by atoms with E-state index in [1.807, 2.05) is 0 Å². The van der Waals surface area contributed by atoms with Crippen LogP contribution in [-0.2, 0) is 0 Å². The Morgan fingerprint density at radius 1 is 0.468 bits per heavy atom. The van der Waals surface area contributed by atoms with Gasteiger partial charge < -0.3 is 0 Å². The van der Waals surface area contributed by atoms with Crippen LogP contribution in [0.3, 0.4) is 0 Å². The van der Waals surface area contributed by atoms with Crippen molar-refractivity contribution in [2.45, 2.75) is 12.8 Å². The zero-order valence-electron chi connectivity index (χ0n) is 25.7. The van der Waals surface area contributed by atoms with Crippen molar-refractivity contribution in [3.8, 4) is 17.2 Å². The summed E-state index contributed by atoms with van der Waals surface area (Å²) >= 11 is 0. The largest absolute Gasteiger partial charge is 0.278 e. The van der Waals surface area contributed by atoms with Crippen molar-refractivity contribution in [3.05, 3.63) is 157 Å². The first-order valence-electron chi connectivity index (χ1n) is 16.3. The topological polar surface area (TPSA) is 30.7 Å². The van der Waals surface area contributed by atoms with Crippen molar-refractivity contribution in [1.29, 1.82) is 0 Å². The Kier molecular flexibility index (Phi) is 5.70. The predicted octanol–water partition coefficient (Wildman–Crippen LogP) is 11.6. The van der Waals surface area contributed by atoms with Gasteiger partial charge in [0.15, 0.2) is 0 Å². The summed E-state index contributed by atoms with van der Waals surface area (Å²) in [6, 6.07) is 48.0. The van der Waals surface area contributed by atoms with Gasteiger partial charge in [0.2, 0.25) is 5.95 Å². The molecule has 2 aromatic heterocycles. The lowest BCUT2D eigenvalue weighted by molar-refractivity contribution is 1.01. The van der Waals surface area contributed by atoms with E-state index in [-0.39, 0.29) is 0 Å². The highest BCUT2D eigenvalue weighted by molar-refractivity contribution is 6.28. The highest BCUT2D eigenvalue weighted by Crippen LogP contribution is 2.42. The molecule has 1 aliphatic rings. The maximum absolute atomic E-state index is 5.49. The van der Waals surface area contributed by atoms with Gasteiger partial charge in [-0.25, -0.2) is 9.97 Å². The van der Waals surface area contributed by atoms with E-state index in [1.54, 1.807) is 0 Å². The van der Waals surface area contributed by atoms with Crippen molar-refractivity contribution in [3.63, 3.8) is 0 Å². The number of hydrogen-bond donors (Lipinski definition) is 0. The Morgan fingerprint density at radius 2 is 1.04 bits per heavy atom. The third kappa shape index (κ3) is 3.93. The van der Waals surface area contributed by atoms with Gasteiger partial charge in [0.1, 0.15) is 0 Å². The Labute approximate surface area is 271 Å². The number of hydrogen-bond acceptors (Lipinski definition) is 2. The van der Waals surface area contributed by atoms with Gasteiger partial charge in [-0.1, -0.05) is 133 Å². The molecule has 0 amide bonds. The van der Waals surface area contributed by atoms with Gasteiger partial charge in [0, 0.05) is 21.7 Å². The van der Waals surface area contributed by atoms with Gasteiger partial charge >= 0.3 is 0 Å². The zero-order valence-corrected chi connectivity index (χ0v) is 25.7. The maximum Gasteiger partial charge on any atom is 0.235 e. The second-order valence-electron chi connectivity index (χ2n) is 12.4. The van der Waals surface area contributed by atoms with Gasteiger partial charge in [-0.05, 0) is 74.5 Å². The molecular weight excluding hydrogens is 571 g/mol. The molecule has 9 aromatic rings. The summed E-state index contributed by atoms with van der Waals surface area (Å²) in [5.74, 6) is 0.676. The van der Waals surface area contributed by atoms with Crippen LogP contribution in [0.1, 0.15) is 18.4 Å². The first kappa shape index (κ1) is 26.2. The number of aromatic nitrogens is 3. The average Bonchev–Trinajstić information content (AvgIpc) is 3.50. The summed E-state index contributed by atoms with van der Waals surface area (Å²) in [4.78, 5) is 10.8. The van der Waals surface area contributed by atoms with Gasteiger partial charge in [0.25, 0.3) is 0 Å². The fraction of sp³-hybridized carbons (Fsp3) is 0.0455. The van der Waals surface area contributed by atoms with E-state index in [1.165, 1.54) is 54.2 Å². The molecule has 0 aliphatic heterocycles. The molecule has 0 N–H and O–H groups in total. The Bertz CT molecular complexity index is 2700. The summed E-state index contributed by atoms with van der Waals surface area (Å²) in [5.41, 5.74) is 7.74. The first-order valence-corrected chi connectivity index (χ1v) is 16.3. The van der Waals surface area contributed by atoms with Crippen LogP contribution in [0.25, 0.3) is 87.8 Å². The minimum Gasteiger partial charge on any atom is -0.278 e. The summed E-state index contributed by atoms with van der Waals surface area (Å²) in [6.07, 6.45) is 9.07.